The van der Waals surface area contributed by atoms with Crippen molar-refractivity contribution in [2.75, 3.05) is 0 Å². The molecule has 0 aromatic rings. The molecule has 4 nitrogen and oxygen atoms in total. The van der Waals surface area contributed by atoms with Crippen molar-refractivity contribution in [3.05, 3.63) is 0 Å². The van der Waals surface area contributed by atoms with Crippen LogP contribution in [0.1, 0.15) is 2.85 Å². The quantitative estimate of drug-likeness (QED) is 0.355. The fraction of sp³-hybridized carbons (Fsp3) is 0. The Morgan fingerprint density at radius 1 is 1.29 bits per heavy atom. The molecule has 0 aliphatic heterocycles. The second-order valence-electron chi connectivity index (χ2n) is 0.396. The number of rotatable bonds is 0. The molecule has 0 rings (SSSR count). The SMILES string of the molecule is [AlH3].[H-].[H-].[Mg+2].[O-][Cl+3]([O-])([O-])O. The van der Waals surface area contributed by atoms with E-state index < -0.39 is 10.2 Å². The van der Waals surface area contributed by atoms with Crippen LogP contribution in [0.5, 0.6) is 0 Å². The summed E-state index contributed by atoms with van der Waals surface area (Å²) in [5, 5.41) is 0. The Labute approximate surface area is 72.1 Å². The monoisotopic (exact) mass is 156 g/mol. The van der Waals surface area contributed by atoms with E-state index in [1.165, 1.54) is 0 Å². The van der Waals surface area contributed by atoms with Crippen molar-refractivity contribution in [3.63, 3.8) is 0 Å². The van der Waals surface area contributed by atoms with Gasteiger partial charge in [0, 0.05) is 0 Å². The van der Waals surface area contributed by atoms with Gasteiger partial charge in [0.05, 0.1) is 14.9 Å². The molecule has 0 unspecified atom stereocenters. The minimum atomic E-state index is -4.69. The smallest absolute Gasteiger partial charge is 1.00 e. The van der Waals surface area contributed by atoms with Gasteiger partial charge in [-0.2, -0.15) is 14.0 Å². The molecule has 0 spiro atoms. The summed E-state index contributed by atoms with van der Waals surface area (Å²) >= 11 is 0. The van der Waals surface area contributed by atoms with Gasteiger partial charge in [0.2, 0.25) is 0 Å². The summed E-state index contributed by atoms with van der Waals surface area (Å²) in [4.78, 5) is 0. The van der Waals surface area contributed by atoms with E-state index >= 15 is 0 Å². The van der Waals surface area contributed by atoms with Crippen LogP contribution in [0, 0.1) is 10.2 Å². The van der Waals surface area contributed by atoms with E-state index in [2.05, 4.69) is 0 Å². The molecule has 0 saturated heterocycles. The molecule has 0 aliphatic carbocycles. The van der Waals surface area contributed by atoms with Gasteiger partial charge in [0.1, 0.15) is 0 Å². The molecule has 7 heavy (non-hydrogen) atoms. The predicted octanol–water partition coefficient (Wildman–Crippen LogP) is -5.46. The summed E-state index contributed by atoms with van der Waals surface area (Å²) in [6.07, 6.45) is 0. The van der Waals surface area contributed by atoms with E-state index in [9.17, 15) is 0 Å². The van der Waals surface area contributed by atoms with E-state index in [0.717, 1.165) is 0 Å². The van der Waals surface area contributed by atoms with Crippen molar-refractivity contribution >= 4 is 40.4 Å². The summed E-state index contributed by atoms with van der Waals surface area (Å²) in [6, 6.07) is 0. The average Bonchev–Trinajstić information content (AvgIpc) is 0.722. The molecule has 0 aromatic heterocycles. The largest absolute Gasteiger partial charge is 2.00 e. The van der Waals surface area contributed by atoms with Gasteiger partial charge in [-0.25, -0.2) is 0 Å². The first-order chi connectivity index (χ1) is 2.00. The first-order valence-corrected chi connectivity index (χ1v) is 1.90. The van der Waals surface area contributed by atoms with E-state index in [1.807, 2.05) is 0 Å². The zero-order chi connectivity index (χ0) is 4.50. The average molecular weight is 157 g/mol. The molecule has 0 fully saturated rings. The maximum Gasteiger partial charge on any atom is 2.00 e. The summed E-state index contributed by atoms with van der Waals surface area (Å²) in [5.41, 5.74) is 0. The van der Waals surface area contributed by atoms with Crippen molar-refractivity contribution < 1.29 is 31.7 Å². The molecule has 0 radical (unpaired) electrons. The minimum Gasteiger partial charge on any atom is -1.00 e. The third-order valence-electron chi connectivity index (χ3n) is 0. The number of hydrogen-bond donors (Lipinski definition) is 1. The van der Waals surface area contributed by atoms with Crippen LogP contribution < -0.4 is 14.0 Å². The van der Waals surface area contributed by atoms with Gasteiger partial charge in [0.15, 0.2) is 17.4 Å². The first-order valence-electron chi connectivity index (χ1n) is 0.632. The maximum absolute atomic E-state index is 8.60. The third-order valence-corrected chi connectivity index (χ3v) is 0. The van der Waals surface area contributed by atoms with Crippen LogP contribution in [0.15, 0.2) is 0 Å². The van der Waals surface area contributed by atoms with Crippen LogP contribution >= 0.6 is 0 Å². The zero-order valence-corrected chi connectivity index (χ0v) is 4.93. The summed E-state index contributed by atoms with van der Waals surface area (Å²) in [7, 11) is -4.69. The van der Waals surface area contributed by atoms with Gasteiger partial charge in [-0.1, -0.05) is 0 Å². The molecule has 1 N–H and O–H groups in total. The number of halogens is 1. The molecule has 0 saturated carbocycles. The van der Waals surface area contributed by atoms with E-state index in [1.54, 1.807) is 0 Å². The van der Waals surface area contributed by atoms with Gasteiger partial charge in [-0.15, -0.1) is 0 Å². The number of hydrogen-bond acceptors (Lipinski definition) is 4. The van der Waals surface area contributed by atoms with Crippen molar-refractivity contribution in [1.29, 1.82) is 0 Å². The molecule has 42 valence electrons. The normalized spacial score (nSPS) is 8.57. The van der Waals surface area contributed by atoms with Gasteiger partial charge in [0.25, 0.3) is 0 Å². The molecular formula is H6AlClMgO4. The van der Waals surface area contributed by atoms with Gasteiger partial charge >= 0.3 is 23.1 Å². The predicted molar refractivity (Wildman–Crippen MR) is 20.1 cm³/mol. The van der Waals surface area contributed by atoms with Crippen molar-refractivity contribution in [2.45, 2.75) is 0 Å². The topological polar surface area (TPSA) is 89.4 Å². The molecule has 7 heteroatoms. The van der Waals surface area contributed by atoms with E-state index in [-0.39, 0.29) is 43.3 Å². The molecule has 0 bridgehead atoms. The fourth-order valence-electron chi connectivity index (χ4n) is 0. The third kappa shape index (κ3) is 107. The molecule has 0 heterocycles. The van der Waals surface area contributed by atoms with Crippen LogP contribution in [-0.2, 0) is 0 Å². The summed E-state index contributed by atoms with van der Waals surface area (Å²) in [5.74, 6) is 0. The van der Waals surface area contributed by atoms with Crippen molar-refractivity contribution in [2.24, 2.45) is 0 Å². The Morgan fingerprint density at radius 2 is 1.29 bits per heavy atom. The molecule has 0 atom stereocenters. The second kappa shape index (κ2) is 5.56. The molecule has 0 amide bonds. The van der Waals surface area contributed by atoms with Crippen LogP contribution in [-0.4, -0.2) is 45.1 Å². The second-order valence-corrected chi connectivity index (χ2v) is 1.19. The summed E-state index contributed by atoms with van der Waals surface area (Å²) in [6.45, 7) is 0. The van der Waals surface area contributed by atoms with Gasteiger partial charge in [-0.05, 0) is 0 Å². The van der Waals surface area contributed by atoms with Crippen LogP contribution in [0.25, 0.3) is 0 Å². The minimum absolute atomic E-state index is 0. The standard InChI is InChI=1S/Al.ClHO4.Mg.5H/c;2-1(3,4)5;;;;;;/h;(H,2,3,4,5);;;;;;/q;;+2;;;;2*-1. The Kier molecular flexibility index (Phi) is 12.5. The van der Waals surface area contributed by atoms with Crippen LogP contribution in [0.3, 0.4) is 0 Å². The fourth-order valence-corrected chi connectivity index (χ4v) is 0. The van der Waals surface area contributed by atoms with E-state index in [4.69, 9.17) is 18.6 Å². The zero-order valence-electron chi connectivity index (χ0n) is 4.76. The Bertz CT molecular complexity index is 34.0. The molecule has 0 aliphatic rings. The Hall–Kier alpha value is 1.43. The Morgan fingerprint density at radius 3 is 1.29 bits per heavy atom. The van der Waals surface area contributed by atoms with Crippen molar-refractivity contribution in [1.82, 2.24) is 0 Å². The van der Waals surface area contributed by atoms with Gasteiger partial charge in [-0.3, -0.25) is 0 Å². The molecule has 0 aromatic carbocycles. The maximum atomic E-state index is 8.60. The van der Waals surface area contributed by atoms with E-state index in [0.29, 0.717) is 0 Å². The Balaban J connectivity index is -0.0000000133. The van der Waals surface area contributed by atoms with Gasteiger partial charge < -0.3 is 2.85 Å². The summed E-state index contributed by atoms with van der Waals surface area (Å²) < 4.78 is 32.7. The first kappa shape index (κ1) is 15.8. The van der Waals surface area contributed by atoms with Crippen molar-refractivity contribution in [3.8, 4) is 0 Å². The van der Waals surface area contributed by atoms with Crippen LogP contribution in [0.2, 0.25) is 0 Å². The molecular weight excluding hydrogens is 151 g/mol. The van der Waals surface area contributed by atoms with Crippen LogP contribution in [0.4, 0.5) is 0 Å².